The number of hydrogen-bond donors (Lipinski definition) is 1. The summed E-state index contributed by atoms with van der Waals surface area (Å²) in [5, 5.41) is 3.04. The van der Waals surface area contributed by atoms with E-state index in [0.717, 1.165) is 54.7 Å². The van der Waals surface area contributed by atoms with Crippen molar-refractivity contribution in [3.63, 3.8) is 0 Å². The summed E-state index contributed by atoms with van der Waals surface area (Å²) in [7, 11) is 0. The van der Waals surface area contributed by atoms with E-state index in [4.69, 9.17) is 0 Å². The number of nitrogens with one attached hydrogen (secondary N) is 1. The van der Waals surface area contributed by atoms with Gasteiger partial charge in [-0.05, 0) is 30.8 Å². The van der Waals surface area contributed by atoms with Gasteiger partial charge in [-0.2, -0.15) is 0 Å². The summed E-state index contributed by atoms with van der Waals surface area (Å²) in [6.45, 7) is 7.20. The number of fused-ring (bicyclic) bond motifs is 1. The molecule has 1 N–H and O–H groups in total. The van der Waals surface area contributed by atoms with Crippen molar-refractivity contribution >= 4 is 40.6 Å². The minimum atomic E-state index is -0.181. The van der Waals surface area contributed by atoms with Crippen LogP contribution in [0, 0.1) is 0 Å². The van der Waals surface area contributed by atoms with E-state index < -0.39 is 0 Å². The van der Waals surface area contributed by atoms with E-state index in [1.54, 1.807) is 4.90 Å². The van der Waals surface area contributed by atoms with Gasteiger partial charge >= 0.3 is 0 Å². The van der Waals surface area contributed by atoms with Crippen LogP contribution in [0.15, 0.2) is 53.4 Å². The molecule has 0 atom stereocenters. The van der Waals surface area contributed by atoms with Gasteiger partial charge in [0, 0.05) is 31.1 Å². The highest BCUT2D eigenvalue weighted by molar-refractivity contribution is 8.00. The topological polar surface area (TPSA) is 55.9 Å². The van der Waals surface area contributed by atoms with Crippen LogP contribution in [0.3, 0.4) is 0 Å². The second-order valence-electron chi connectivity index (χ2n) is 7.22. The SMILES string of the molecule is CCN1CCN(c2ccccc2NC(=O)CN2C(=O)CSc3ccccc32)CC1. The minimum Gasteiger partial charge on any atom is -0.367 e. The Morgan fingerprint density at radius 3 is 2.45 bits per heavy atom. The Bertz CT molecular complexity index is 896. The first-order valence-electron chi connectivity index (χ1n) is 10.0. The Kier molecular flexibility index (Phi) is 6.06. The van der Waals surface area contributed by atoms with Crippen molar-refractivity contribution in [2.45, 2.75) is 11.8 Å². The van der Waals surface area contributed by atoms with Crippen LogP contribution >= 0.6 is 11.8 Å². The zero-order valence-electron chi connectivity index (χ0n) is 16.6. The average Bonchev–Trinajstić information content (AvgIpc) is 2.76. The molecule has 0 aliphatic carbocycles. The van der Waals surface area contributed by atoms with Gasteiger partial charge in [0.25, 0.3) is 0 Å². The second kappa shape index (κ2) is 8.88. The van der Waals surface area contributed by atoms with E-state index in [9.17, 15) is 9.59 Å². The summed E-state index contributed by atoms with van der Waals surface area (Å²) in [5.41, 5.74) is 2.65. The molecule has 0 radical (unpaired) electrons. The fourth-order valence-corrected chi connectivity index (χ4v) is 4.76. The molecule has 7 heteroatoms. The monoisotopic (exact) mass is 410 g/mol. The summed E-state index contributed by atoms with van der Waals surface area (Å²) in [5.74, 6) is 0.148. The summed E-state index contributed by atoms with van der Waals surface area (Å²) in [6, 6.07) is 15.6. The largest absolute Gasteiger partial charge is 0.367 e. The zero-order valence-corrected chi connectivity index (χ0v) is 17.5. The molecular weight excluding hydrogens is 384 g/mol. The van der Waals surface area contributed by atoms with Gasteiger partial charge in [0.05, 0.1) is 22.8 Å². The van der Waals surface area contributed by atoms with Crippen LogP contribution in [-0.4, -0.2) is 61.7 Å². The van der Waals surface area contributed by atoms with Crippen LogP contribution < -0.4 is 15.1 Å². The number of carbonyl (C=O) groups excluding carboxylic acids is 2. The van der Waals surface area contributed by atoms with Crippen molar-refractivity contribution in [3.8, 4) is 0 Å². The van der Waals surface area contributed by atoms with Crippen molar-refractivity contribution in [1.82, 2.24) is 4.90 Å². The number of carbonyl (C=O) groups is 2. The van der Waals surface area contributed by atoms with Gasteiger partial charge in [-0.3, -0.25) is 9.59 Å². The third-order valence-corrected chi connectivity index (χ3v) is 6.50. The normalized spacial score (nSPS) is 17.2. The van der Waals surface area contributed by atoms with Gasteiger partial charge < -0.3 is 20.0 Å². The third kappa shape index (κ3) is 4.41. The Morgan fingerprint density at radius 1 is 1.00 bits per heavy atom. The Morgan fingerprint density at radius 2 is 1.69 bits per heavy atom. The van der Waals surface area contributed by atoms with E-state index in [1.165, 1.54) is 11.8 Å². The van der Waals surface area contributed by atoms with Crippen LogP contribution in [0.2, 0.25) is 0 Å². The lowest BCUT2D eigenvalue weighted by Gasteiger charge is -2.36. The number of nitrogens with zero attached hydrogens (tertiary/aromatic N) is 3. The smallest absolute Gasteiger partial charge is 0.244 e. The first kappa shape index (κ1) is 19.8. The first-order chi connectivity index (χ1) is 14.2. The fourth-order valence-electron chi connectivity index (χ4n) is 3.82. The van der Waals surface area contributed by atoms with E-state index in [2.05, 4.69) is 28.1 Å². The van der Waals surface area contributed by atoms with Crippen molar-refractivity contribution in [1.29, 1.82) is 0 Å². The number of para-hydroxylation sites is 3. The lowest BCUT2D eigenvalue weighted by atomic mass is 10.2. The quantitative estimate of drug-likeness (QED) is 0.822. The minimum absolute atomic E-state index is 0.0222. The standard InChI is InChI=1S/C22H26N4O2S/c1-2-24-11-13-25(14-12-24)18-8-4-3-7-17(18)23-21(27)15-26-19-9-5-6-10-20(19)29-16-22(26)28/h3-10H,2,11-16H2,1H3,(H,23,27). The van der Waals surface area contributed by atoms with E-state index in [0.29, 0.717) is 5.75 Å². The number of piperazine rings is 1. The maximum absolute atomic E-state index is 12.8. The molecule has 4 rings (SSSR count). The molecule has 0 aromatic heterocycles. The van der Waals surface area contributed by atoms with Gasteiger partial charge in [-0.1, -0.05) is 31.2 Å². The summed E-state index contributed by atoms with van der Waals surface area (Å²) >= 11 is 1.52. The first-order valence-corrected chi connectivity index (χ1v) is 11.0. The van der Waals surface area contributed by atoms with Crippen molar-refractivity contribution < 1.29 is 9.59 Å². The highest BCUT2D eigenvalue weighted by Gasteiger charge is 2.26. The Labute approximate surface area is 175 Å². The molecule has 2 aromatic carbocycles. The van der Waals surface area contributed by atoms with Gasteiger partial charge in [-0.15, -0.1) is 11.8 Å². The summed E-state index contributed by atoms with van der Waals surface area (Å²) < 4.78 is 0. The molecule has 2 amide bonds. The van der Waals surface area contributed by atoms with Crippen LogP contribution in [0.4, 0.5) is 17.1 Å². The number of likely N-dealkylation sites (N-methyl/N-ethyl adjacent to an activating group) is 1. The zero-order chi connectivity index (χ0) is 20.2. The van der Waals surface area contributed by atoms with Crippen LogP contribution in [-0.2, 0) is 9.59 Å². The van der Waals surface area contributed by atoms with Crippen LogP contribution in [0.1, 0.15) is 6.92 Å². The number of rotatable bonds is 5. The summed E-state index contributed by atoms with van der Waals surface area (Å²) in [4.78, 5) is 32.6. The molecule has 1 saturated heterocycles. The molecule has 29 heavy (non-hydrogen) atoms. The number of anilines is 3. The molecular formula is C22H26N4O2S. The number of amides is 2. The predicted molar refractivity (Wildman–Crippen MR) is 119 cm³/mol. The van der Waals surface area contributed by atoms with E-state index >= 15 is 0 Å². The second-order valence-corrected chi connectivity index (χ2v) is 8.24. The lowest BCUT2D eigenvalue weighted by Crippen LogP contribution is -2.46. The van der Waals surface area contributed by atoms with Gasteiger partial charge in [-0.25, -0.2) is 0 Å². The highest BCUT2D eigenvalue weighted by Crippen LogP contribution is 2.35. The molecule has 0 spiro atoms. The predicted octanol–water partition coefficient (Wildman–Crippen LogP) is 2.91. The van der Waals surface area contributed by atoms with Gasteiger partial charge in [0.1, 0.15) is 6.54 Å². The molecule has 2 aliphatic rings. The molecule has 6 nitrogen and oxygen atoms in total. The molecule has 2 heterocycles. The van der Waals surface area contributed by atoms with E-state index in [-0.39, 0.29) is 18.4 Å². The maximum Gasteiger partial charge on any atom is 0.244 e. The summed E-state index contributed by atoms with van der Waals surface area (Å²) in [6.07, 6.45) is 0. The third-order valence-electron chi connectivity index (χ3n) is 5.45. The molecule has 2 aromatic rings. The number of thioether (sulfide) groups is 1. The van der Waals surface area contributed by atoms with Gasteiger partial charge in [0.15, 0.2) is 0 Å². The molecule has 0 saturated carbocycles. The van der Waals surface area contributed by atoms with Crippen molar-refractivity contribution in [3.05, 3.63) is 48.5 Å². The lowest BCUT2D eigenvalue weighted by molar-refractivity contribution is -0.120. The Balaban J connectivity index is 1.47. The highest BCUT2D eigenvalue weighted by atomic mass is 32.2. The molecule has 0 unspecified atom stereocenters. The molecule has 152 valence electrons. The van der Waals surface area contributed by atoms with Crippen LogP contribution in [0.25, 0.3) is 0 Å². The molecule has 2 aliphatic heterocycles. The molecule has 0 bridgehead atoms. The molecule has 1 fully saturated rings. The van der Waals surface area contributed by atoms with E-state index in [1.807, 2.05) is 42.5 Å². The number of hydrogen-bond acceptors (Lipinski definition) is 5. The number of benzene rings is 2. The fraction of sp³-hybridized carbons (Fsp3) is 0.364. The Hall–Kier alpha value is -2.51. The van der Waals surface area contributed by atoms with Gasteiger partial charge in [0.2, 0.25) is 11.8 Å². The van der Waals surface area contributed by atoms with Crippen LogP contribution in [0.5, 0.6) is 0 Å². The van der Waals surface area contributed by atoms with Crippen molar-refractivity contribution in [2.75, 3.05) is 60.1 Å². The maximum atomic E-state index is 12.8. The van der Waals surface area contributed by atoms with Crippen molar-refractivity contribution in [2.24, 2.45) is 0 Å². The average molecular weight is 411 g/mol.